The van der Waals surface area contributed by atoms with Gasteiger partial charge in [0.15, 0.2) is 0 Å². The number of hydrogen-bond donors (Lipinski definition) is 1. The van der Waals surface area contributed by atoms with Gasteiger partial charge in [-0.1, -0.05) is 48.5 Å². The van der Waals surface area contributed by atoms with Gasteiger partial charge in [-0.15, -0.1) is 0 Å². The summed E-state index contributed by atoms with van der Waals surface area (Å²) in [4.78, 5) is 12.6. The maximum atomic E-state index is 14.6. The van der Waals surface area contributed by atoms with Crippen molar-refractivity contribution >= 4 is 5.91 Å². The van der Waals surface area contributed by atoms with Crippen molar-refractivity contribution in [3.63, 3.8) is 0 Å². The van der Waals surface area contributed by atoms with Crippen LogP contribution in [0.2, 0.25) is 0 Å². The van der Waals surface area contributed by atoms with Gasteiger partial charge in [-0.25, -0.2) is 13.2 Å². The van der Waals surface area contributed by atoms with Crippen LogP contribution in [0.3, 0.4) is 0 Å². The lowest BCUT2D eigenvalue weighted by atomic mass is 9.68. The van der Waals surface area contributed by atoms with Gasteiger partial charge in [0.2, 0.25) is 5.91 Å². The average molecular weight is 341 g/mol. The monoisotopic (exact) mass is 341 g/mol. The highest BCUT2D eigenvalue weighted by Gasteiger charge is 2.44. The Morgan fingerprint density at radius 1 is 0.760 bits per heavy atom. The van der Waals surface area contributed by atoms with Crippen LogP contribution in [-0.2, 0) is 10.2 Å². The van der Waals surface area contributed by atoms with E-state index in [9.17, 15) is 18.0 Å². The van der Waals surface area contributed by atoms with Crippen molar-refractivity contribution in [2.45, 2.75) is 5.41 Å². The van der Waals surface area contributed by atoms with Gasteiger partial charge in [0.05, 0.1) is 0 Å². The third-order valence-corrected chi connectivity index (χ3v) is 4.19. The van der Waals surface area contributed by atoms with E-state index in [1.165, 1.54) is 18.2 Å². The van der Waals surface area contributed by atoms with E-state index in [-0.39, 0.29) is 11.1 Å². The molecule has 1 atom stereocenters. The number of primary amides is 1. The van der Waals surface area contributed by atoms with E-state index in [2.05, 4.69) is 0 Å². The van der Waals surface area contributed by atoms with Gasteiger partial charge in [-0.05, 0) is 29.3 Å². The first-order chi connectivity index (χ1) is 12.0. The fourth-order valence-electron chi connectivity index (χ4n) is 3.08. The molecule has 0 radical (unpaired) electrons. The molecule has 2 N–H and O–H groups in total. The minimum Gasteiger partial charge on any atom is -0.368 e. The van der Waals surface area contributed by atoms with Crippen LogP contribution in [-0.4, -0.2) is 5.91 Å². The SMILES string of the molecule is NC(=O)C(c1ccccc1)(c1ccc(F)cc1)c1ccc(F)cc1F. The summed E-state index contributed by atoms with van der Waals surface area (Å²) in [6, 6.07) is 16.3. The number of rotatable bonds is 4. The molecule has 1 amide bonds. The van der Waals surface area contributed by atoms with Gasteiger partial charge in [0.25, 0.3) is 0 Å². The van der Waals surface area contributed by atoms with Gasteiger partial charge in [-0.3, -0.25) is 4.79 Å². The van der Waals surface area contributed by atoms with E-state index in [0.717, 1.165) is 18.2 Å². The second-order valence-electron chi connectivity index (χ2n) is 5.61. The van der Waals surface area contributed by atoms with Crippen LogP contribution in [0.15, 0.2) is 72.8 Å². The number of carbonyl (C=O) groups excluding carboxylic acids is 1. The highest BCUT2D eigenvalue weighted by molar-refractivity contribution is 5.95. The molecule has 3 aromatic rings. The Hall–Kier alpha value is -3.08. The zero-order valence-corrected chi connectivity index (χ0v) is 13.0. The molecule has 3 rings (SSSR count). The summed E-state index contributed by atoms with van der Waals surface area (Å²) in [6.45, 7) is 0. The topological polar surface area (TPSA) is 43.1 Å². The number of halogens is 3. The summed E-state index contributed by atoms with van der Waals surface area (Å²) in [5.41, 5.74) is 4.60. The zero-order chi connectivity index (χ0) is 18.0. The Morgan fingerprint density at radius 2 is 1.32 bits per heavy atom. The molecule has 0 heterocycles. The van der Waals surface area contributed by atoms with Gasteiger partial charge in [0.1, 0.15) is 22.9 Å². The van der Waals surface area contributed by atoms with E-state index >= 15 is 0 Å². The molecule has 0 aliphatic heterocycles. The molecule has 0 aliphatic carbocycles. The molecule has 0 spiro atoms. The minimum atomic E-state index is -1.72. The Balaban J connectivity index is 2.41. The first kappa shape index (κ1) is 16.8. The molecule has 25 heavy (non-hydrogen) atoms. The normalized spacial score (nSPS) is 13.2. The van der Waals surface area contributed by atoms with Gasteiger partial charge < -0.3 is 5.73 Å². The predicted molar refractivity (Wildman–Crippen MR) is 88.3 cm³/mol. The van der Waals surface area contributed by atoms with Crippen molar-refractivity contribution in [1.82, 2.24) is 0 Å². The van der Waals surface area contributed by atoms with Crippen LogP contribution in [0.5, 0.6) is 0 Å². The van der Waals surface area contributed by atoms with Crippen molar-refractivity contribution in [3.05, 3.63) is 107 Å². The van der Waals surface area contributed by atoms with E-state index in [1.54, 1.807) is 30.3 Å². The molecule has 3 aromatic carbocycles. The summed E-state index contributed by atoms with van der Waals surface area (Å²) in [7, 11) is 0. The van der Waals surface area contributed by atoms with Crippen molar-refractivity contribution in [2.24, 2.45) is 5.73 Å². The van der Waals surface area contributed by atoms with Crippen molar-refractivity contribution in [2.75, 3.05) is 0 Å². The number of carbonyl (C=O) groups is 1. The highest BCUT2D eigenvalue weighted by Crippen LogP contribution is 2.40. The second kappa shape index (κ2) is 6.43. The molecule has 0 aliphatic rings. The van der Waals surface area contributed by atoms with Crippen LogP contribution in [0.25, 0.3) is 0 Å². The van der Waals surface area contributed by atoms with Crippen LogP contribution >= 0.6 is 0 Å². The fraction of sp³-hybridized carbons (Fsp3) is 0.0500. The predicted octanol–water partition coefficient (Wildman–Crippen LogP) is 3.92. The van der Waals surface area contributed by atoms with Crippen LogP contribution in [0.4, 0.5) is 13.2 Å². The summed E-state index contributed by atoms with van der Waals surface area (Å²) in [5.74, 6) is -3.04. The number of hydrogen-bond acceptors (Lipinski definition) is 1. The number of benzene rings is 3. The largest absolute Gasteiger partial charge is 0.368 e. The molecule has 0 fully saturated rings. The molecule has 0 bridgehead atoms. The highest BCUT2D eigenvalue weighted by atomic mass is 19.1. The van der Waals surface area contributed by atoms with Crippen molar-refractivity contribution in [3.8, 4) is 0 Å². The Bertz CT molecular complexity index is 910. The van der Waals surface area contributed by atoms with Crippen LogP contribution in [0.1, 0.15) is 16.7 Å². The molecular weight excluding hydrogens is 327 g/mol. The van der Waals surface area contributed by atoms with Crippen molar-refractivity contribution < 1.29 is 18.0 Å². The molecule has 126 valence electrons. The first-order valence-corrected chi connectivity index (χ1v) is 7.53. The Labute approximate surface area is 142 Å². The summed E-state index contributed by atoms with van der Waals surface area (Å²) < 4.78 is 41.4. The standard InChI is InChI=1S/C20H14F3NO/c21-15-8-6-14(7-9-15)20(19(24)25,13-4-2-1-3-5-13)17-11-10-16(22)12-18(17)23/h1-12H,(H2,24,25). The van der Waals surface area contributed by atoms with Crippen LogP contribution in [0, 0.1) is 17.5 Å². The Morgan fingerprint density at radius 3 is 1.88 bits per heavy atom. The van der Waals surface area contributed by atoms with Gasteiger partial charge in [-0.2, -0.15) is 0 Å². The summed E-state index contributed by atoms with van der Waals surface area (Å²) in [6.07, 6.45) is 0. The molecule has 5 heteroatoms. The smallest absolute Gasteiger partial charge is 0.237 e. The summed E-state index contributed by atoms with van der Waals surface area (Å²) >= 11 is 0. The van der Waals surface area contributed by atoms with Crippen LogP contribution < -0.4 is 5.73 Å². The molecule has 1 unspecified atom stereocenters. The maximum Gasteiger partial charge on any atom is 0.237 e. The lowest BCUT2D eigenvalue weighted by molar-refractivity contribution is -0.121. The van der Waals surface area contributed by atoms with E-state index in [0.29, 0.717) is 11.6 Å². The fourth-order valence-corrected chi connectivity index (χ4v) is 3.08. The number of nitrogens with two attached hydrogens (primary N) is 1. The molecule has 0 aromatic heterocycles. The molecule has 0 saturated carbocycles. The zero-order valence-electron chi connectivity index (χ0n) is 13.0. The lowest BCUT2D eigenvalue weighted by Gasteiger charge is -2.32. The van der Waals surface area contributed by atoms with E-state index < -0.39 is 28.8 Å². The molecular formula is C20H14F3NO. The van der Waals surface area contributed by atoms with E-state index in [1.807, 2.05) is 0 Å². The Kier molecular flexibility index (Phi) is 4.31. The average Bonchev–Trinajstić information content (AvgIpc) is 2.59. The molecule has 0 saturated heterocycles. The van der Waals surface area contributed by atoms with Gasteiger partial charge >= 0.3 is 0 Å². The number of amides is 1. The quantitative estimate of drug-likeness (QED) is 0.718. The third kappa shape index (κ3) is 2.78. The summed E-state index contributed by atoms with van der Waals surface area (Å²) in [5, 5.41) is 0. The third-order valence-electron chi connectivity index (χ3n) is 4.19. The minimum absolute atomic E-state index is 0.0980. The lowest BCUT2D eigenvalue weighted by Crippen LogP contribution is -2.44. The first-order valence-electron chi connectivity index (χ1n) is 7.53. The van der Waals surface area contributed by atoms with Gasteiger partial charge in [0, 0.05) is 11.6 Å². The van der Waals surface area contributed by atoms with E-state index in [4.69, 9.17) is 5.73 Å². The molecule has 2 nitrogen and oxygen atoms in total. The second-order valence-corrected chi connectivity index (χ2v) is 5.61. The maximum absolute atomic E-state index is 14.6. The van der Waals surface area contributed by atoms with Crippen molar-refractivity contribution in [1.29, 1.82) is 0 Å².